The summed E-state index contributed by atoms with van der Waals surface area (Å²) in [5, 5.41) is 14.7. The van der Waals surface area contributed by atoms with E-state index >= 15 is 0 Å². The van der Waals surface area contributed by atoms with Crippen LogP contribution in [0.15, 0.2) is 35.7 Å². The lowest BCUT2D eigenvalue weighted by Crippen LogP contribution is -2.04. The highest BCUT2D eigenvalue weighted by Gasteiger charge is 2.07. The molecule has 2 rings (SSSR count). The summed E-state index contributed by atoms with van der Waals surface area (Å²) in [7, 11) is 0. The summed E-state index contributed by atoms with van der Waals surface area (Å²) in [5.41, 5.74) is 2.05. The van der Waals surface area contributed by atoms with Crippen LogP contribution in [0.3, 0.4) is 0 Å². The average molecular weight is 254 g/mol. The molecule has 1 heterocycles. The van der Waals surface area contributed by atoms with Crippen molar-refractivity contribution in [2.75, 3.05) is 5.32 Å². The molecule has 1 aromatic carbocycles. The van der Waals surface area contributed by atoms with Crippen molar-refractivity contribution >= 4 is 28.6 Å². The number of phenols is 1. The van der Waals surface area contributed by atoms with E-state index in [1.807, 2.05) is 23.6 Å². The fourth-order valence-electron chi connectivity index (χ4n) is 1.48. The summed E-state index contributed by atoms with van der Waals surface area (Å²) in [4.78, 5) is 0. The summed E-state index contributed by atoms with van der Waals surface area (Å²) in [5.74, 6) is 0.264. The number of hydrogen-bond donors (Lipinski definition) is 2. The van der Waals surface area contributed by atoms with E-state index in [0.717, 1.165) is 15.6 Å². The van der Waals surface area contributed by atoms with E-state index in [0.29, 0.717) is 0 Å². The SMILES string of the molecule is CC(Nc1cccc(O)c1)c1csc(Cl)c1. The number of phenolic OH excluding ortho intramolecular Hbond substituents is 1. The van der Waals surface area contributed by atoms with Crippen LogP contribution in [0.1, 0.15) is 18.5 Å². The molecule has 0 amide bonds. The van der Waals surface area contributed by atoms with Crippen molar-refractivity contribution in [2.24, 2.45) is 0 Å². The van der Waals surface area contributed by atoms with Crippen LogP contribution in [0.25, 0.3) is 0 Å². The van der Waals surface area contributed by atoms with E-state index in [4.69, 9.17) is 11.6 Å². The lowest BCUT2D eigenvalue weighted by molar-refractivity contribution is 0.475. The zero-order chi connectivity index (χ0) is 11.5. The molecule has 0 saturated heterocycles. The molecule has 1 unspecified atom stereocenters. The highest BCUT2D eigenvalue weighted by molar-refractivity contribution is 7.14. The number of anilines is 1. The van der Waals surface area contributed by atoms with Gasteiger partial charge in [0.15, 0.2) is 0 Å². The topological polar surface area (TPSA) is 32.3 Å². The van der Waals surface area contributed by atoms with Crippen LogP contribution in [0.2, 0.25) is 4.34 Å². The number of aromatic hydroxyl groups is 1. The third kappa shape index (κ3) is 2.68. The number of thiophene rings is 1. The molecular weight excluding hydrogens is 242 g/mol. The molecule has 16 heavy (non-hydrogen) atoms. The van der Waals surface area contributed by atoms with Crippen LogP contribution in [0.4, 0.5) is 5.69 Å². The molecule has 0 aliphatic heterocycles. The molecule has 0 radical (unpaired) electrons. The third-order valence-electron chi connectivity index (χ3n) is 2.32. The summed E-state index contributed by atoms with van der Waals surface area (Å²) in [6.45, 7) is 2.06. The summed E-state index contributed by atoms with van der Waals surface area (Å²) in [6, 6.07) is 9.20. The predicted octanol–water partition coefficient (Wildman–Crippen LogP) is 4.28. The normalized spacial score (nSPS) is 12.4. The molecule has 2 N–H and O–H groups in total. The van der Waals surface area contributed by atoms with Gasteiger partial charge in [0.25, 0.3) is 0 Å². The Labute approximate surface area is 104 Å². The number of benzene rings is 1. The van der Waals surface area contributed by atoms with E-state index in [1.54, 1.807) is 12.1 Å². The lowest BCUT2D eigenvalue weighted by atomic mass is 10.1. The summed E-state index contributed by atoms with van der Waals surface area (Å²) < 4.78 is 0.791. The molecule has 1 atom stereocenters. The van der Waals surface area contributed by atoms with Crippen LogP contribution in [0, 0.1) is 0 Å². The maximum absolute atomic E-state index is 9.34. The van der Waals surface area contributed by atoms with Gasteiger partial charge in [0.05, 0.1) is 4.34 Å². The second kappa shape index (κ2) is 4.76. The van der Waals surface area contributed by atoms with Gasteiger partial charge in [-0.25, -0.2) is 0 Å². The predicted molar refractivity (Wildman–Crippen MR) is 69.5 cm³/mol. The summed E-state index contributed by atoms with van der Waals surface area (Å²) >= 11 is 7.41. The molecular formula is C12H12ClNOS. The first kappa shape index (κ1) is 11.3. The minimum Gasteiger partial charge on any atom is -0.508 e. The fourth-order valence-corrected chi connectivity index (χ4v) is 2.46. The Morgan fingerprint density at radius 2 is 2.19 bits per heavy atom. The second-order valence-corrected chi connectivity index (χ2v) is 5.14. The quantitative estimate of drug-likeness (QED) is 0.856. The minimum absolute atomic E-state index is 0.172. The summed E-state index contributed by atoms with van der Waals surface area (Å²) in [6.07, 6.45) is 0. The highest BCUT2D eigenvalue weighted by Crippen LogP contribution is 2.27. The van der Waals surface area contributed by atoms with Crippen molar-refractivity contribution in [1.29, 1.82) is 0 Å². The number of nitrogens with one attached hydrogen (secondary N) is 1. The van der Waals surface area contributed by atoms with E-state index in [1.165, 1.54) is 11.3 Å². The Morgan fingerprint density at radius 3 is 2.81 bits per heavy atom. The smallest absolute Gasteiger partial charge is 0.117 e. The first-order chi connectivity index (χ1) is 7.65. The molecule has 84 valence electrons. The molecule has 0 fully saturated rings. The van der Waals surface area contributed by atoms with Crippen molar-refractivity contribution in [3.63, 3.8) is 0 Å². The number of halogens is 1. The molecule has 2 aromatic rings. The standard InChI is InChI=1S/C12H12ClNOS/c1-8(9-5-12(13)16-7-9)14-10-3-2-4-11(15)6-10/h2-8,14-15H,1H3. The minimum atomic E-state index is 0.172. The highest BCUT2D eigenvalue weighted by atomic mass is 35.5. The molecule has 0 bridgehead atoms. The maximum Gasteiger partial charge on any atom is 0.117 e. The Kier molecular flexibility index (Phi) is 3.36. The van der Waals surface area contributed by atoms with Crippen molar-refractivity contribution in [3.8, 4) is 5.75 Å². The van der Waals surface area contributed by atoms with E-state index in [-0.39, 0.29) is 11.8 Å². The van der Waals surface area contributed by atoms with Gasteiger partial charge >= 0.3 is 0 Å². The van der Waals surface area contributed by atoms with Gasteiger partial charge in [-0.15, -0.1) is 11.3 Å². The largest absolute Gasteiger partial charge is 0.508 e. The molecule has 4 heteroatoms. The molecule has 0 aliphatic carbocycles. The zero-order valence-corrected chi connectivity index (χ0v) is 10.3. The van der Waals surface area contributed by atoms with Crippen LogP contribution >= 0.6 is 22.9 Å². The van der Waals surface area contributed by atoms with Gasteiger partial charge in [0.2, 0.25) is 0 Å². The van der Waals surface area contributed by atoms with Crippen LogP contribution in [0.5, 0.6) is 5.75 Å². The number of rotatable bonds is 3. The Hall–Kier alpha value is -1.19. The zero-order valence-electron chi connectivity index (χ0n) is 8.77. The number of hydrogen-bond acceptors (Lipinski definition) is 3. The molecule has 1 aromatic heterocycles. The van der Waals surface area contributed by atoms with Crippen molar-refractivity contribution in [1.82, 2.24) is 0 Å². The van der Waals surface area contributed by atoms with Crippen LogP contribution in [-0.2, 0) is 0 Å². The van der Waals surface area contributed by atoms with Gasteiger partial charge in [0.1, 0.15) is 5.75 Å². The molecule has 2 nitrogen and oxygen atoms in total. The van der Waals surface area contributed by atoms with Gasteiger partial charge in [0, 0.05) is 17.8 Å². The molecule has 0 aliphatic rings. The maximum atomic E-state index is 9.34. The van der Waals surface area contributed by atoms with Crippen LogP contribution < -0.4 is 5.32 Å². The first-order valence-corrected chi connectivity index (χ1v) is 6.20. The van der Waals surface area contributed by atoms with Crippen LogP contribution in [-0.4, -0.2) is 5.11 Å². The average Bonchev–Trinajstić information content (AvgIpc) is 2.65. The van der Waals surface area contributed by atoms with Crippen molar-refractivity contribution in [2.45, 2.75) is 13.0 Å². The first-order valence-electron chi connectivity index (χ1n) is 4.94. The van der Waals surface area contributed by atoms with Gasteiger partial charge in [-0.2, -0.15) is 0 Å². The Morgan fingerprint density at radius 1 is 1.38 bits per heavy atom. The second-order valence-electron chi connectivity index (χ2n) is 3.60. The van der Waals surface area contributed by atoms with Gasteiger partial charge in [-0.1, -0.05) is 17.7 Å². The van der Waals surface area contributed by atoms with E-state index in [9.17, 15) is 5.11 Å². The van der Waals surface area contributed by atoms with E-state index < -0.39 is 0 Å². The third-order valence-corrected chi connectivity index (χ3v) is 3.43. The van der Waals surface area contributed by atoms with Gasteiger partial charge < -0.3 is 10.4 Å². The van der Waals surface area contributed by atoms with E-state index in [2.05, 4.69) is 12.2 Å². The van der Waals surface area contributed by atoms with Crippen molar-refractivity contribution in [3.05, 3.63) is 45.6 Å². The fraction of sp³-hybridized carbons (Fsp3) is 0.167. The molecule has 0 spiro atoms. The lowest BCUT2D eigenvalue weighted by Gasteiger charge is -2.13. The Balaban J connectivity index is 2.10. The Bertz CT molecular complexity index is 483. The van der Waals surface area contributed by atoms with Crippen molar-refractivity contribution < 1.29 is 5.11 Å². The monoisotopic (exact) mass is 253 g/mol. The molecule has 0 saturated carbocycles. The van der Waals surface area contributed by atoms with Gasteiger partial charge in [-0.05, 0) is 36.1 Å². The van der Waals surface area contributed by atoms with Gasteiger partial charge in [-0.3, -0.25) is 0 Å².